The molecule has 1 aliphatic heterocycles. The standard InChI is InChI=1S/C19H25N5O2/c1-26-16-7-5-15(6-8-16)19(25)21-10-9-20-17-13-18(23-14-22-17)24-11-3-2-4-12-24/h5-8,13-14H,2-4,9-12H2,1H3,(H,21,25)(H,20,22,23). The van der Waals surface area contributed by atoms with Crippen LogP contribution in [0.2, 0.25) is 0 Å². The molecule has 0 spiro atoms. The predicted molar refractivity (Wildman–Crippen MR) is 102 cm³/mol. The highest BCUT2D eigenvalue weighted by molar-refractivity contribution is 5.94. The van der Waals surface area contributed by atoms with Crippen LogP contribution >= 0.6 is 0 Å². The first-order valence-corrected chi connectivity index (χ1v) is 8.99. The van der Waals surface area contributed by atoms with Crippen molar-refractivity contribution in [1.82, 2.24) is 15.3 Å². The number of hydrogen-bond acceptors (Lipinski definition) is 6. The molecule has 1 aromatic heterocycles. The number of nitrogens with one attached hydrogen (secondary N) is 2. The van der Waals surface area contributed by atoms with Gasteiger partial charge >= 0.3 is 0 Å². The molecule has 0 saturated carbocycles. The van der Waals surface area contributed by atoms with E-state index in [4.69, 9.17) is 4.74 Å². The molecule has 0 aliphatic carbocycles. The number of nitrogens with zero attached hydrogens (tertiary/aromatic N) is 3. The fraction of sp³-hybridized carbons (Fsp3) is 0.421. The van der Waals surface area contributed by atoms with Crippen LogP contribution in [0.4, 0.5) is 11.6 Å². The summed E-state index contributed by atoms with van der Waals surface area (Å²) in [6.07, 6.45) is 5.30. The van der Waals surface area contributed by atoms with Gasteiger partial charge in [0.25, 0.3) is 5.91 Å². The minimum absolute atomic E-state index is 0.105. The average Bonchev–Trinajstić information content (AvgIpc) is 2.72. The number of hydrogen-bond donors (Lipinski definition) is 2. The van der Waals surface area contributed by atoms with Crippen molar-refractivity contribution in [3.63, 3.8) is 0 Å². The third-order valence-corrected chi connectivity index (χ3v) is 4.40. The molecule has 0 atom stereocenters. The summed E-state index contributed by atoms with van der Waals surface area (Å²) in [5.41, 5.74) is 0.611. The molecular weight excluding hydrogens is 330 g/mol. The summed E-state index contributed by atoms with van der Waals surface area (Å²) >= 11 is 0. The van der Waals surface area contributed by atoms with Crippen LogP contribution in [0.25, 0.3) is 0 Å². The zero-order chi connectivity index (χ0) is 18.2. The molecular formula is C19H25N5O2. The molecule has 0 radical (unpaired) electrons. The van der Waals surface area contributed by atoms with E-state index in [9.17, 15) is 4.79 Å². The molecule has 1 aliphatic rings. The first-order valence-electron chi connectivity index (χ1n) is 8.99. The maximum Gasteiger partial charge on any atom is 0.251 e. The second kappa shape index (κ2) is 9.03. The second-order valence-electron chi connectivity index (χ2n) is 6.22. The molecule has 2 heterocycles. The first kappa shape index (κ1) is 18.0. The van der Waals surface area contributed by atoms with Gasteiger partial charge in [-0.2, -0.15) is 0 Å². The van der Waals surface area contributed by atoms with E-state index < -0.39 is 0 Å². The van der Waals surface area contributed by atoms with E-state index >= 15 is 0 Å². The minimum atomic E-state index is -0.105. The number of methoxy groups -OCH3 is 1. The quantitative estimate of drug-likeness (QED) is 0.742. The van der Waals surface area contributed by atoms with Gasteiger partial charge in [0.1, 0.15) is 23.7 Å². The lowest BCUT2D eigenvalue weighted by molar-refractivity contribution is 0.0955. The van der Waals surface area contributed by atoms with Gasteiger partial charge in [-0.3, -0.25) is 4.79 Å². The monoisotopic (exact) mass is 355 g/mol. The number of ether oxygens (including phenoxy) is 1. The first-order chi connectivity index (χ1) is 12.8. The Hall–Kier alpha value is -2.83. The van der Waals surface area contributed by atoms with Crippen molar-refractivity contribution in [2.45, 2.75) is 19.3 Å². The number of anilines is 2. The van der Waals surface area contributed by atoms with Gasteiger partial charge in [0.05, 0.1) is 7.11 Å². The molecule has 1 saturated heterocycles. The van der Waals surface area contributed by atoms with E-state index in [1.54, 1.807) is 37.7 Å². The summed E-state index contributed by atoms with van der Waals surface area (Å²) in [5, 5.41) is 6.13. The van der Waals surface area contributed by atoms with Crippen molar-refractivity contribution in [2.75, 3.05) is 43.5 Å². The van der Waals surface area contributed by atoms with Crippen molar-refractivity contribution < 1.29 is 9.53 Å². The lowest BCUT2D eigenvalue weighted by atomic mass is 10.1. The number of amides is 1. The van der Waals surface area contributed by atoms with Crippen molar-refractivity contribution in [3.8, 4) is 5.75 Å². The van der Waals surface area contributed by atoms with Crippen LogP contribution in [0, 0.1) is 0 Å². The van der Waals surface area contributed by atoms with Crippen molar-refractivity contribution in [1.29, 1.82) is 0 Å². The van der Waals surface area contributed by atoms with Crippen molar-refractivity contribution in [2.24, 2.45) is 0 Å². The maximum absolute atomic E-state index is 12.1. The Labute approximate surface area is 153 Å². The van der Waals surface area contributed by atoms with E-state index in [0.717, 1.165) is 30.5 Å². The highest BCUT2D eigenvalue weighted by Crippen LogP contribution is 2.18. The molecule has 0 bridgehead atoms. The highest BCUT2D eigenvalue weighted by Gasteiger charge is 2.12. The third-order valence-electron chi connectivity index (χ3n) is 4.40. The highest BCUT2D eigenvalue weighted by atomic mass is 16.5. The molecule has 1 aromatic carbocycles. The molecule has 0 unspecified atom stereocenters. The van der Waals surface area contributed by atoms with Crippen LogP contribution in [0.5, 0.6) is 5.75 Å². The Morgan fingerprint density at radius 3 is 2.62 bits per heavy atom. The van der Waals surface area contributed by atoms with Crippen LogP contribution in [-0.4, -0.2) is 49.2 Å². The zero-order valence-corrected chi connectivity index (χ0v) is 15.1. The lowest BCUT2D eigenvalue weighted by Gasteiger charge is -2.27. The topological polar surface area (TPSA) is 79.4 Å². The SMILES string of the molecule is COc1ccc(C(=O)NCCNc2cc(N3CCCCC3)ncn2)cc1. The summed E-state index contributed by atoms with van der Waals surface area (Å²) in [6, 6.07) is 9.01. The zero-order valence-electron chi connectivity index (χ0n) is 15.1. The molecule has 26 heavy (non-hydrogen) atoms. The van der Waals surface area contributed by atoms with Gasteiger partial charge < -0.3 is 20.3 Å². The number of carbonyl (C=O) groups excluding carboxylic acids is 1. The molecule has 7 heteroatoms. The third kappa shape index (κ3) is 4.84. The molecule has 1 amide bonds. The molecule has 2 N–H and O–H groups in total. The van der Waals surface area contributed by atoms with Crippen molar-refractivity contribution >= 4 is 17.5 Å². The van der Waals surface area contributed by atoms with Crippen LogP contribution in [0.1, 0.15) is 29.6 Å². The summed E-state index contributed by atoms with van der Waals surface area (Å²) in [6.45, 7) is 3.20. The number of aromatic nitrogens is 2. The second-order valence-corrected chi connectivity index (χ2v) is 6.22. The Kier molecular flexibility index (Phi) is 6.24. The smallest absolute Gasteiger partial charge is 0.251 e. The Morgan fingerprint density at radius 2 is 1.88 bits per heavy atom. The van der Waals surface area contributed by atoms with E-state index in [1.807, 2.05) is 6.07 Å². The predicted octanol–water partition coefficient (Wildman–Crippen LogP) is 2.32. The molecule has 2 aromatic rings. The fourth-order valence-electron chi connectivity index (χ4n) is 2.95. The van der Waals surface area contributed by atoms with Crippen molar-refractivity contribution in [3.05, 3.63) is 42.2 Å². The number of carbonyl (C=O) groups is 1. The van der Waals surface area contributed by atoms with Crippen LogP contribution in [0.3, 0.4) is 0 Å². The van der Waals surface area contributed by atoms with Crippen LogP contribution < -0.4 is 20.3 Å². The number of piperidine rings is 1. The van der Waals surface area contributed by atoms with Gasteiger partial charge in [-0.05, 0) is 43.5 Å². The Balaban J connectivity index is 1.45. The van der Waals surface area contributed by atoms with E-state index in [0.29, 0.717) is 18.7 Å². The Bertz CT molecular complexity index is 714. The molecule has 138 valence electrons. The minimum Gasteiger partial charge on any atom is -0.497 e. The van der Waals surface area contributed by atoms with Gasteiger partial charge in [-0.25, -0.2) is 9.97 Å². The van der Waals surface area contributed by atoms with Gasteiger partial charge in [0.15, 0.2) is 0 Å². The lowest BCUT2D eigenvalue weighted by Crippen LogP contribution is -2.30. The van der Waals surface area contributed by atoms with Gasteiger partial charge in [0, 0.05) is 37.8 Å². The van der Waals surface area contributed by atoms with Crippen LogP contribution in [0.15, 0.2) is 36.7 Å². The summed E-state index contributed by atoms with van der Waals surface area (Å²) in [7, 11) is 1.60. The van der Waals surface area contributed by atoms with Gasteiger partial charge in [0.2, 0.25) is 0 Å². The largest absolute Gasteiger partial charge is 0.497 e. The summed E-state index contributed by atoms with van der Waals surface area (Å²) < 4.78 is 5.09. The number of benzene rings is 1. The van der Waals surface area contributed by atoms with E-state index in [2.05, 4.69) is 25.5 Å². The fourth-order valence-corrected chi connectivity index (χ4v) is 2.95. The summed E-state index contributed by atoms with van der Waals surface area (Å²) in [4.78, 5) is 23.0. The van der Waals surface area contributed by atoms with E-state index in [1.165, 1.54) is 19.3 Å². The van der Waals surface area contributed by atoms with Gasteiger partial charge in [-0.15, -0.1) is 0 Å². The van der Waals surface area contributed by atoms with Gasteiger partial charge in [-0.1, -0.05) is 0 Å². The number of rotatable bonds is 7. The molecule has 1 fully saturated rings. The van der Waals surface area contributed by atoms with Crippen LogP contribution in [-0.2, 0) is 0 Å². The average molecular weight is 355 g/mol. The normalized spacial score (nSPS) is 14.0. The molecule has 7 nitrogen and oxygen atoms in total. The molecule has 3 rings (SSSR count). The Morgan fingerprint density at radius 1 is 1.12 bits per heavy atom. The van der Waals surface area contributed by atoms with E-state index in [-0.39, 0.29) is 5.91 Å². The summed E-state index contributed by atoms with van der Waals surface area (Å²) in [5.74, 6) is 2.37. The maximum atomic E-state index is 12.1.